The zero-order valence-electron chi connectivity index (χ0n) is 16.1. The molecule has 1 aromatic heterocycles. The van der Waals surface area contributed by atoms with Crippen LogP contribution in [0.5, 0.6) is 11.5 Å². The van der Waals surface area contributed by atoms with Gasteiger partial charge < -0.3 is 24.5 Å². The molecule has 1 heterocycles. The minimum Gasteiger partial charge on any atom is -0.493 e. The van der Waals surface area contributed by atoms with Gasteiger partial charge in [-0.2, -0.15) is 0 Å². The van der Waals surface area contributed by atoms with Gasteiger partial charge in [-0.25, -0.2) is 4.79 Å². The van der Waals surface area contributed by atoms with Gasteiger partial charge >= 0.3 is 5.97 Å². The molecule has 2 N–H and O–H groups in total. The number of methoxy groups -OCH3 is 2. The number of H-pyrrole nitrogens is 1. The summed E-state index contributed by atoms with van der Waals surface area (Å²) in [6.45, 7) is 1.44. The molecule has 0 radical (unpaired) electrons. The van der Waals surface area contributed by atoms with Crippen LogP contribution in [0.25, 0.3) is 10.8 Å². The van der Waals surface area contributed by atoms with Crippen molar-refractivity contribution in [1.29, 1.82) is 0 Å². The molecule has 8 nitrogen and oxygen atoms in total. The number of rotatable bonds is 6. The first-order chi connectivity index (χ1) is 13.9. The molecule has 1 amide bonds. The number of fused-ring (bicyclic) bond motifs is 1. The average Bonchev–Trinajstić information content (AvgIpc) is 2.73. The number of esters is 1. The van der Waals surface area contributed by atoms with E-state index in [9.17, 15) is 14.4 Å². The van der Waals surface area contributed by atoms with Gasteiger partial charge in [-0.3, -0.25) is 9.59 Å². The largest absolute Gasteiger partial charge is 0.493 e. The maximum atomic E-state index is 12.4. The number of aromatic nitrogens is 1. The van der Waals surface area contributed by atoms with Crippen LogP contribution in [-0.2, 0) is 9.53 Å². The number of carbonyl (C=O) groups is 2. The van der Waals surface area contributed by atoms with Crippen LogP contribution in [0, 0.1) is 0 Å². The van der Waals surface area contributed by atoms with Crippen molar-refractivity contribution in [1.82, 2.24) is 4.98 Å². The molecule has 0 aliphatic carbocycles. The van der Waals surface area contributed by atoms with Crippen molar-refractivity contribution >= 4 is 28.3 Å². The Morgan fingerprint density at radius 2 is 1.72 bits per heavy atom. The molecule has 0 unspecified atom stereocenters. The first-order valence-electron chi connectivity index (χ1n) is 8.79. The molecule has 0 saturated heterocycles. The second-order valence-electron chi connectivity index (χ2n) is 6.21. The number of nitrogens with one attached hydrogen (secondary N) is 2. The Morgan fingerprint density at radius 3 is 2.45 bits per heavy atom. The molecule has 0 aliphatic rings. The van der Waals surface area contributed by atoms with E-state index in [1.54, 1.807) is 42.5 Å². The predicted octanol–water partition coefficient (Wildman–Crippen LogP) is 2.73. The lowest BCUT2D eigenvalue weighted by molar-refractivity contribution is -0.123. The third-order valence-electron chi connectivity index (χ3n) is 4.28. The number of ether oxygens (including phenoxy) is 3. The summed E-state index contributed by atoms with van der Waals surface area (Å²) in [7, 11) is 2.99. The Kier molecular flexibility index (Phi) is 5.82. The highest BCUT2D eigenvalue weighted by molar-refractivity contribution is 5.98. The molecule has 0 fully saturated rings. The lowest BCUT2D eigenvalue weighted by atomic mass is 10.1. The number of hydrogen-bond donors (Lipinski definition) is 2. The van der Waals surface area contributed by atoms with Crippen molar-refractivity contribution in [3.63, 3.8) is 0 Å². The molecule has 1 atom stereocenters. The van der Waals surface area contributed by atoms with Crippen molar-refractivity contribution in [2.24, 2.45) is 0 Å². The predicted molar refractivity (Wildman–Crippen MR) is 108 cm³/mol. The van der Waals surface area contributed by atoms with Crippen LogP contribution in [0.2, 0.25) is 0 Å². The topological polar surface area (TPSA) is 107 Å². The van der Waals surface area contributed by atoms with Crippen molar-refractivity contribution in [3.05, 3.63) is 64.6 Å². The van der Waals surface area contributed by atoms with E-state index in [1.807, 2.05) is 0 Å². The summed E-state index contributed by atoms with van der Waals surface area (Å²) in [5, 5.41) is 3.71. The van der Waals surface area contributed by atoms with E-state index in [-0.39, 0.29) is 5.69 Å². The second kappa shape index (κ2) is 8.47. The Labute approximate surface area is 166 Å². The number of pyridine rings is 1. The van der Waals surface area contributed by atoms with Crippen LogP contribution in [-0.4, -0.2) is 37.2 Å². The van der Waals surface area contributed by atoms with Gasteiger partial charge in [0.15, 0.2) is 17.6 Å². The average molecular weight is 396 g/mol. The molecule has 2 aromatic carbocycles. The quantitative estimate of drug-likeness (QED) is 0.621. The van der Waals surface area contributed by atoms with Crippen molar-refractivity contribution < 1.29 is 23.8 Å². The molecule has 3 rings (SSSR count). The van der Waals surface area contributed by atoms with Gasteiger partial charge in [-0.05, 0) is 36.6 Å². The third-order valence-corrected chi connectivity index (χ3v) is 4.28. The lowest BCUT2D eigenvalue weighted by Crippen LogP contribution is -2.30. The minimum atomic E-state index is -1.09. The van der Waals surface area contributed by atoms with Crippen LogP contribution in [0.15, 0.2) is 53.3 Å². The molecular formula is C21H20N2O6. The van der Waals surface area contributed by atoms with Crippen LogP contribution in [0.4, 0.5) is 5.69 Å². The van der Waals surface area contributed by atoms with E-state index in [0.29, 0.717) is 28.0 Å². The summed E-state index contributed by atoms with van der Waals surface area (Å²) in [6, 6.07) is 13.2. The van der Waals surface area contributed by atoms with Gasteiger partial charge in [0.2, 0.25) is 0 Å². The molecule has 0 saturated carbocycles. The van der Waals surface area contributed by atoms with Crippen LogP contribution in [0.3, 0.4) is 0 Å². The first kappa shape index (κ1) is 19.9. The van der Waals surface area contributed by atoms with Crippen LogP contribution < -0.4 is 20.3 Å². The molecule has 150 valence electrons. The van der Waals surface area contributed by atoms with Crippen molar-refractivity contribution in [3.8, 4) is 11.5 Å². The van der Waals surface area contributed by atoms with E-state index in [4.69, 9.17) is 14.2 Å². The summed E-state index contributed by atoms with van der Waals surface area (Å²) >= 11 is 0. The van der Waals surface area contributed by atoms with Gasteiger partial charge in [0, 0.05) is 17.1 Å². The van der Waals surface area contributed by atoms with Crippen molar-refractivity contribution in [2.45, 2.75) is 13.0 Å². The molecule has 29 heavy (non-hydrogen) atoms. The summed E-state index contributed by atoms with van der Waals surface area (Å²) < 4.78 is 15.5. The maximum Gasteiger partial charge on any atom is 0.355 e. The summed E-state index contributed by atoms with van der Waals surface area (Å²) in [5.41, 5.74) is 0.0200. The molecular weight excluding hydrogens is 376 g/mol. The van der Waals surface area contributed by atoms with E-state index < -0.39 is 23.5 Å². The van der Waals surface area contributed by atoms with Crippen LogP contribution >= 0.6 is 0 Å². The zero-order valence-corrected chi connectivity index (χ0v) is 16.1. The number of amides is 1. The van der Waals surface area contributed by atoms with E-state index in [1.165, 1.54) is 27.2 Å². The second-order valence-corrected chi connectivity index (χ2v) is 6.21. The normalized spacial score (nSPS) is 11.6. The van der Waals surface area contributed by atoms with Gasteiger partial charge in [-0.1, -0.05) is 18.2 Å². The summed E-state index contributed by atoms with van der Waals surface area (Å²) in [6.07, 6.45) is -1.09. The van der Waals surface area contributed by atoms with Gasteiger partial charge in [0.25, 0.3) is 11.5 Å². The molecule has 0 aliphatic heterocycles. The zero-order chi connectivity index (χ0) is 21.0. The number of hydrogen-bond acceptors (Lipinski definition) is 6. The molecule has 3 aromatic rings. The molecule has 0 spiro atoms. The van der Waals surface area contributed by atoms with Crippen LogP contribution in [0.1, 0.15) is 17.4 Å². The van der Waals surface area contributed by atoms with Gasteiger partial charge in [0.05, 0.1) is 14.2 Å². The summed E-state index contributed by atoms with van der Waals surface area (Å²) in [5.74, 6) is -0.370. The Bertz CT molecular complexity index is 1120. The molecule has 8 heteroatoms. The minimum absolute atomic E-state index is 0.0283. The fourth-order valence-corrected chi connectivity index (χ4v) is 2.76. The Hall–Kier alpha value is -3.81. The Morgan fingerprint density at radius 1 is 1.00 bits per heavy atom. The van der Waals surface area contributed by atoms with Crippen molar-refractivity contribution in [2.75, 3.05) is 19.5 Å². The third kappa shape index (κ3) is 4.37. The lowest BCUT2D eigenvalue weighted by Gasteiger charge is -2.15. The highest BCUT2D eigenvalue weighted by Crippen LogP contribution is 2.29. The number of anilines is 1. The first-order valence-corrected chi connectivity index (χ1v) is 8.79. The SMILES string of the molecule is COc1ccc(NC(=O)[C@H](C)OC(=O)c2cc3ccccc3c(=O)[nH]2)cc1OC. The summed E-state index contributed by atoms with van der Waals surface area (Å²) in [4.78, 5) is 39.4. The monoisotopic (exact) mass is 396 g/mol. The number of aromatic amines is 1. The molecule has 0 bridgehead atoms. The standard InChI is InChI=1S/C21H20N2O6/c1-12(19(24)22-14-8-9-17(27-2)18(11-14)28-3)29-21(26)16-10-13-6-4-5-7-15(13)20(25)23-16/h4-12H,1-3H3,(H,22,24)(H,23,25)/t12-/m0/s1. The van der Waals surface area contributed by atoms with E-state index in [0.717, 1.165) is 0 Å². The van der Waals surface area contributed by atoms with Gasteiger partial charge in [-0.15, -0.1) is 0 Å². The Balaban J connectivity index is 1.71. The fraction of sp³-hybridized carbons (Fsp3) is 0.190. The maximum absolute atomic E-state index is 12.4. The number of benzene rings is 2. The smallest absolute Gasteiger partial charge is 0.355 e. The van der Waals surface area contributed by atoms with Gasteiger partial charge in [0.1, 0.15) is 5.69 Å². The number of carbonyl (C=O) groups excluding carboxylic acids is 2. The van der Waals surface area contributed by atoms with E-state index in [2.05, 4.69) is 10.3 Å². The van der Waals surface area contributed by atoms with E-state index >= 15 is 0 Å². The highest BCUT2D eigenvalue weighted by atomic mass is 16.5. The fourth-order valence-electron chi connectivity index (χ4n) is 2.76. The highest BCUT2D eigenvalue weighted by Gasteiger charge is 2.20.